The van der Waals surface area contributed by atoms with Gasteiger partial charge in [-0.1, -0.05) is 65.2 Å². The van der Waals surface area contributed by atoms with Crippen molar-refractivity contribution in [2.45, 2.75) is 13.8 Å². The first kappa shape index (κ1) is 20.2. The van der Waals surface area contributed by atoms with E-state index < -0.39 is 0 Å². The summed E-state index contributed by atoms with van der Waals surface area (Å²) in [4.78, 5) is 12.9. The number of halogens is 2. The van der Waals surface area contributed by atoms with Crippen LogP contribution in [0.3, 0.4) is 0 Å². The molecule has 4 rings (SSSR count). The van der Waals surface area contributed by atoms with Crippen LogP contribution in [0.1, 0.15) is 21.6 Å². The fourth-order valence-electron chi connectivity index (χ4n) is 3.16. The maximum atomic E-state index is 12.9. The van der Waals surface area contributed by atoms with E-state index in [-0.39, 0.29) is 11.6 Å². The normalized spacial score (nSPS) is 10.8. The second-order valence-electron chi connectivity index (χ2n) is 7.11. The average Bonchev–Trinajstić information content (AvgIpc) is 3.16. The molecule has 3 aromatic carbocycles. The van der Waals surface area contributed by atoms with Gasteiger partial charge in [0.15, 0.2) is 5.69 Å². The van der Waals surface area contributed by atoms with Crippen LogP contribution in [-0.4, -0.2) is 15.7 Å². The summed E-state index contributed by atoms with van der Waals surface area (Å²) in [6.07, 6.45) is 0. The highest BCUT2D eigenvalue weighted by atomic mass is 35.5. The van der Waals surface area contributed by atoms with Crippen LogP contribution in [0, 0.1) is 13.8 Å². The first-order valence-corrected chi connectivity index (χ1v) is 10.2. The zero-order chi connectivity index (χ0) is 21.3. The van der Waals surface area contributed by atoms with Crippen molar-refractivity contribution in [3.05, 3.63) is 99.7 Å². The third-order valence-electron chi connectivity index (χ3n) is 4.71. The van der Waals surface area contributed by atoms with Crippen LogP contribution in [0.2, 0.25) is 10.0 Å². The summed E-state index contributed by atoms with van der Waals surface area (Å²) in [6, 6.07) is 22.8. The first-order valence-electron chi connectivity index (χ1n) is 9.41. The minimum absolute atomic E-state index is 0.290. The van der Waals surface area contributed by atoms with Gasteiger partial charge in [-0.05, 0) is 55.8 Å². The smallest absolute Gasteiger partial charge is 0.276 e. The standard InChI is InChI=1S/C24H19Cl2N3O/c1-15-6-8-17(9-7-15)23-14-22(28-29(23)19-5-3-4-16(2)12-19)24(30)27-21-11-10-18(25)13-20(21)26/h3-14H,1-2H3,(H,27,30). The molecule has 1 heterocycles. The Morgan fingerprint density at radius 2 is 1.67 bits per heavy atom. The Morgan fingerprint density at radius 3 is 2.37 bits per heavy atom. The number of hydrogen-bond acceptors (Lipinski definition) is 2. The molecule has 6 heteroatoms. The largest absolute Gasteiger partial charge is 0.319 e. The molecule has 150 valence electrons. The van der Waals surface area contributed by atoms with Gasteiger partial charge in [-0.25, -0.2) is 4.68 Å². The highest BCUT2D eigenvalue weighted by Gasteiger charge is 2.18. The van der Waals surface area contributed by atoms with Gasteiger partial charge in [0.2, 0.25) is 0 Å². The van der Waals surface area contributed by atoms with Crippen LogP contribution in [0.4, 0.5) is 5.69 Å². The van der Waals surface area contributed by atoms with E-state index in [0.717, 1.165) is 28.1 Å². The van der Waals surface area contributed by atoms with E-state index in [2.05, 4.69) is 10.4 Å². The number of rotatable bonds is 4. The zero-order valence-corrected chi connectivity index (χ0v) is 18.0. The van der Waals surface area contributed by atoms with Crippen LogP contribution in [-0.2, 0) is 0 Å². The molecule has 0 aliphatic rings. The lowest BCUT2D eigenvalue weighted by atomic mass is 10.1. The van der Waals surface area contributed by atoms with Crippen molar-refractivity contribution in [2.75, 3.05) is 5.32 Å². The lowest BCUT2D eigenvalue weighted by molar-refractivity contribution is 0.102. The van der Waals surface area contributed by atoms with Crippen LogP contribution in [0.25, 0.3) is 16.9 Å². The van der Waals surface area contributed by atoms with E-state index in [1.807, 2.05) is 62.4 Å². The molecule has 0 saturated heterocycles. The molecule has 0 aliphatic carbocycles. The van der Waals surface area contributed by atoms with Crippen molar-refractivity contribution in [3.8, 4) is 16.9 Å². The van der Waals surface area contributed by atoms with E-state index in [9.17, 15) is 4.79 Å². The highest BCUT2D eigenvalue weighted by Crippen LogP contribution is 2.28. The Bertz CT molecular complexity index is 1230. The lowest BCUT2D eigenvalue weighted by Gasteiger charge is -2.08. The van der Waals surface area contributed by atoms with Crippen molar-refractivity contribution in [2.24, 2.45) is 0 Å². The predicted octanol–water partition coefficient (Wildman–Crippen LogP) is 6.72. The number of aromatic nitrogens is 2. The molecule has 0 saturated carbocycles. The van der Waals surface area contributed by atoms with Crippen LogP contribution >= 0.6 is 23.2 Å². The summed E-state index contributed by atoms with van der Waals surface area (Å²) in [6.45, 7) is 4.06. The molecule has 0 radical (unpaired) electrons. The van der Waals surface area contributed by atoms with Crippen molar-refractivity contribution < 1.29 is 4.79 Å². The molecular formula is C24H19Cl2N3O. The van der Waals surface area contributed by atoms with Gasteiger partial charge in [0.25, 0.3) is 5.91 Å². The molecular weight excluding hydrogens is 417 g/mol. The molecule has 1 aromatic heterocycles. The molecule has 1 N–H and O–H groups in total. The Labute approximate surface area is 185 Å². The van der Waals surface area contributed by atoms with E-state index in [4.69, 9.17) is 23.2 Å². The maximum absolute atomic E-state index is 12.9. The molecule has 0 unspecified atom stereocenters. The van der Waals surface area contributed by atoms with Gasteiger partial charge < -0.3 is 5.32 Å². The summed E-state index contributed by atoms with van der Waals surface area (Å²) in [5, 5.41) is 8.28. The van der Waals surface area contributed by atoms with Crippen molar-refractivity contribution in [1.29, 1.82) is 0 Å². The van der Waals surface area contributed by atoms with Gasteiger partial charge in [-0.15, -0.1) is 0 Å². The van der Waals surface area contributed by atoms with Gasteiger partial charge in [0, 0.05) is 10.6 Å². The van der Waals surface area contributed by atoms with E-state index in [0.29, 0.717) is 15.7 Å². The quantitative estimate of drug-likeness (QED) is 0.386. The maximum Gasteiger partial charge on any atom is 0.276 e. The van der Waals surface area contributed by atoms with Gasteiger partial charge in [0.1, 0.15) is 0 Å². The predicted molar refractivity (Wildman–Crippen MR) is 123 cm³/mol. The van der Waals surface area contributed by atoms with Gasteiger partial charge in [-0.2, -0.15) is 5.10 Å². The van der Waals surface area contributed by atoms with Gasteiger partial charge in [-0.3, -0.25) is 4.79 Å². The third-order valence-corrected chi connectivity index (χ3v) is 5.26. The van der Waals surface area contributed by atoms with E-state index in [1.165, 1.54) is 0 Å². The van der Waals surface area contributed by atoms with E-state index >= 15 is 0 Å². The van der Waals surface area contributed by atoms with Crippen LogP contribution in [0.5, 0.6) is 0 Å². The second-order valence-corrected chi connectivity index (χ2v) is 7.95. The molecule has 0 spiro atoms. The number of anilines is 1. The van der Waals surface area contributed by atoms with E-state index in [1.54, 1.807) is 28.9 Å². The van der Waals surface area contributed by atoms with Crippen molar-refractivity contribution >= 4 is 34.8 Å². The summed E-state index contributed by atoms with van der Waals surface area (Å²) >= 11 is 12.1. The molecule has 30 heavy (non-hydrogen) atoms. The first-order chi connectivity index (χ1) is 14.4. The number of amides is 1. The van der Waals surface area contributed by atoms with Gasteiger partial charge in [0.05, 0.1) is 22.1 Å². The summed E-state index contributed by atoms with van der Waals surface area (Å²) in [5.74, 6) is -0.348. The number of hydrogen-bond donors (Lipinski definition) is 1. The molecule has 0 aliphatic heterocycles. The summed E-state index contributed by atoms with van der Waals surface area (Å²) < 4.78 is 1.79. The monoisotopic (exact) mass is 435 g/mol. The number of benzene rings is 3. The van der Waals surface area contributed by atoms with Crippen molar-refractivity contribution in [1.82, 2.24) is 9.78 Å². The highest BCUT2D eigenvalue weighted by molar-refractivity contribution is 6.36. The number of nitrogens with one attached hydrogen (secondary N) is 1. The fourth-order valence-corrected chi connectivity index (χ4v) is 3.61. The minimum atomic E-state index is -0.348. The number of nitrogens with zero attached hydrogens (tertiary/aromatic N) is 2. The molecule has 4 aromatic rings. The zero-order valence-electron chi connectivity index (χ0n) is 16.5. The SMILES string of the molecule is Cc1ccc(-c2cc(C(=O)Nc3ccc(Cl)cc3Cl)nn2-c2cccc(C)c2)cc1. The Morgan fingerprint density at radius 1 is 0.900 bits per heavy atom. The lowest BCUT2D eigenvalue weighted by Crippen LogP contribution is -2.13. The molecule has 1 amide bonds. The Balaban J connectivity index is 1.76. The van der Waals surface area contributed by atoms with Crippen LogP contribution < -0.4 is 5.32 Å². The topological polar surface area (TPSA) is 46.9 Å². The molecule has 0 fully saturated rings. The van der Waals surface area contributed by atoms with Crippen molar-refractivity contribution in [3.63, 3.8) is 0 Å². The van der Waals surface area contributed by atoms with Crippen LogP contribution in [0.15, 0.2) is 72.8 Å². The fraction of sp³-hybridized carbons (Fsp3) is 0.0833. The Hall–Kier alpha value is -3.08. The average molecular weight is 436 g/mol. The summed E-state index contributed by atoms with van der Waals surface area (Å²) in [5.41, 5.74) is 5.72. The number of carbonyl (C=O) groups excluding carboxylic acids is 1. The molecule has 0 atom stereocenters. The number of aryl methyl sites for hydroxylation is 2. The number of carbonyl (C=O) groups is 1. The Kier molecular flexibility index (Phi) is 5.62. The summed E-state index contributed by atoms with van der Waals surface area (Å²) in [7, 11) is 0. The van der Waals surface area contributed by atoms with Gasteiger partial charge >= 0.3 is 0 Å². The minimum Gasteiger partial charge on any atom is -0.319 e. The molecule has 4 nitrogen and oxygen atoms in total. The molecule has 0 bridgehead atoms. The second kappa shape index (κ2) is 8.34. The third kappa shape index (κ3) is 4.25.